The van der Waals surface area contributed by atoms with E-state index >= 15 is 0 Å². The molecule has 0 aromatic heterocycles. The average molecular weight is 226 g/mol. The molecule has 0 heterocycles. The topological polar surface area (TPSA) is 91.0 Å². The van der Waals surface area contributed by atoms with Crippen molar-refractivity contribution in [2.75, 3.05) is 0 Å². The van der Waals surface area contributed by atoms with Crippen molar-refractivity contribution in [1.82, 2.24) is 10.6 Å². The highest BCUT2D eigenvalue weighted by molar-refractivity contribution is 5.92. The minimum atomic E-state index is -0.616. The van der Waals surface area contributed by atoms with Gasteiger partial charge in [0, 0.05) is 5.54 Å². The molecule has 92 valence electrons. The predicted octanol–water partition coefficient (Wildman–Crippen LogP) is 1.33. The Morgan fingerprint density at radius 2 is 1.81 bits per heavy atom. The number of urea groups is 1. The zero-order valence-corrected chi connectivity index (χ0v) is 10.3. The van der Waals surface area contributed by atoms with Crippen molar-refractivity contribution in [3.8, 4) is 0 Å². The molecule has 0 atom stereocenters. The van der Waals surface area contributed by atoms with Gasteiger partial charge in [-0.15, -0.1) is 0 Å². The molecule has 16 heavy (non-hydrogen) atoms. The molecule has 1 fully saturated rings. The summed E-state index contributed by atoms with van der Waals surface area (Å²) >= 11 is 0. The van der Waals surface area contributed by atoms with Crippen molar-refractivity contribution >= 4 is 11.9 Å². The van der Waals surface area contributed by atoms with Crippen LogP contribution in [0.1, 0.15) is 46.5 Å². The van der Waals surface area contributed by atoms with E-state index in [-0.39, 0.29) is 17.4 Å². The number of nitrogens with two attached hydrogens (primary N) is 1. The Hall–Kier alpha value is -1.26. The molecule has 0 aromatic carbocycles. The third-order valence-electron chi connectivity index (χ3n) is 2.81. The molecule has 0 spiro atoms. The van der Waals surface area contributed by atoms with Gasteiger partial charge in [0.25, 0.3) is 0 Å². The van der Waals surface area contributed by atoms with Crippen LogP contribution in [0.15, 0.2) is 0 Å². The molecule has 5 heteroatoms. The van der Waals surface area contributed by atoms with Crippen LogP contribution < -0.4 is 16.4 Å². The molecule has 5 nitrogen and oxygen atoms in total. The second-order valence-corrected chi connectivity index (χ2v) is 5.53. The van der Waals surface area contributed by atoms with Crippen molar-refractivity contribution in [2.24, 2.45) is 5.73 Å². The number of hydrogen-bond acceptors (Lipinski definition) is 2. The Kier molecular flexibility index (Phi) is 3.45. The first-order valence-corrected chi connectivity index (χ1v) is 5.70. The molecule has 1 aliphatic rings. The molecule has 2 amide bonds. The Labute approximate surface area is 96.7 Å². The fourth-order valence-electron chi connectivity index (χ4n) is 2.03. The summed E-state index contributed by atoms with van der Waals surface area (Å²) < 4.78 is 0. The summed E-state index contributed by atoms with van der Waals surface area (Å²) in [5.74, 6) is 0.0639. The van der Waals surface area contributed by atoms with E-state index in [1.54, 1.807) is 0 Å². The van der Waals surface area contributed by atoms with Gasteiger partial charge in [-0.3, -0.25) is 5.41 Å². The van der Waals surface area contributed by atoms with Crippen molar-refractivity contribution in [2.45, 2.75) is 57.5 Å². The fourth-order valence-corrected chi connectivity index (χ4v) is 2.03. The van der Waals surface area contributed by atoms with Crippen LogP contribution >= 0.6 is 0 Å². The SMILES string of the molecule is CC(C)(C)NC(=O)NC1(C(=N)N)CCCC1. The van der Waals surface area contributed by atoms with E-state index in [1.807, 2.05) is 20.8 Å². The monoisotopic (exact) mass is 226 g/mol. The molecule has 5 N–H and O–H groups in total. The van der Waals surface area contributed by atoms with Gasteiger partial charge in [-0.2, -0.15) is 0 Å². The van der Waals surface area contributed by atoms with E-state index in [0.29, 0.717) is 0 Å². The van der Waals surface area contributed by atoms with Gasteiger partial charge in [0.15, 0.2) is 0 Å². The molecular weight excluding hydrogens is 204 g/mol. The first-order valence-electron chi connectivity index (χ1n) is 5.70. The molecule has 0 unspecified atom stereocenters. The Balaban J connectivity index is 2.63. The maximum Gasteiger partial charge on any atom is 0.315 e. The molecule has 0 aliphatic heterocycles. The molecule has 0 bridgehead atoms. The quantitative estimate of drug-likeness (QED) is 0.422. The smallest absolute Gasteiger partial charge is 0.315 e. The van der Waals surface area contributed by atoms with Crippen molar-refractivity contribution in [1.29, 1.82) is 5.41 Å². The summed E-state index contributed by atoms with van der Waals surface area (Å²) in [5, 5.41) is 13.3. The van der Waals surface area contributed by atoms with Gasteiger partial charge in [0.05, 0.1) is 5.54 Å². The third-order valence-corrected chi connectivity index (χ3v) is 2.81. The van der Waals surface area contributed by atoms with Gasteiger partial charge in [-0.05, 0) is 33.6 Å². The lowest BCUT2D eigenvalue weighted by Gasteiger charge is -2.31. The van der Waals surface area contributed by atoms with Gasteiger partial charge in [-0.1, -0.05) is 12.8 Å². The Bertz CT molecular complexity index is 287. The molecular formula is C11H22N4O. The number of rotatable bonds is 2. The highest BCUT2D eigenvalue weighted by atomic mass is 16.2. The van der Waals surface area contributed by atoms with E-state index in [1.165, 1.54) is 0 Å². The number of carbonyl (C=O) groups excluding carboxylic acids is 1. The second-order valence-electron chi connectivity index (χ2n) is 5.53. The van der Waals surface area contributed by atoms with Crippen LogP contribution in [0.3, 0.4) is 0 Å². The predicted molar refractivity (Wildman–Crippen MR) is 64.5 cm³/mol. The number of amidine groups is 1. The lowest BCUT2D eigenvalue weighted by Crippen LogP contribution is -2.60. The molecule has 1 saturated carbocycles. The van der Waals surface area contributed by atoms with E-state index in [4.69, 9.17) is 11.1 Å². The normalized spacial score (nSPS) is 19.2. The maximum atomic E-state index is 11.7. The van der Waals surface area contributed by atoms with Crippen LogP contribution in [0.5, 0.6) is 0 Å². The standard InChI is InChI=1S/C11H22N4O/c1-10(2,3)14-9(16)15-11(8(12)13)6-4-5-7-11/h4-7H2,1-3H3,(H3,12,13)(H2,14,15,16). The average Bonchev–Trinajstić information content (AvgIpc) is 2.49. The largest absolute Gasteiger partial charge is 0.386 e. The number of nitrogens with one attached hydrogen (secondary N) is 3. The molecule has 0 aromatic rings. The van der Waals surface area contributed by atoms with Crippen molar-refractivity contribution < 1.29 is 4.79 Å². The summed E-state index contributed by atoms with van der Waals surface area (Å²) in [6.07, 6.45) is 3.55. The van der Waals surface area contributed by atoms with Gasteiger partial charge >= 0.3 is 6.03 Å². The first kappa shape index (κ1) is 12.8. The zero-order chi connectivity index (χ0) is 12.4. The van der Waals surface area contributed by atoms with Crippen LogP contribution in [-0.2, 0) is 0 Å². The Morgan fingerprint density at radius 1 is 1.31 bits per heavy atom. The summed E-state index contributed by atoms with van der Waals surface area (Å²) in [7, 11) is 0. The van der Waals surface area contributed by atoms with Crippen LogP contribution in [0, 0.1) is 5.41 Å². The van der Waals surface area contributed by atoms with E-state index in [9.17, 15) is 4.79 Å². The van der Waals surface area contributed by atoms with Crippen LogP contribution in [-0.4, -0.2) is 22.9 Å². The van der Waals surface area contributed by atoms with Crippen molar-refractivity contribution in [3.05, 3.63) is 0 Å². The zero-order valence-electron chi connectivity index (χ0n) is 10.3. The highest BCUT2D eigenvalue weighted by Gasteiger charge is 2.38. The van der Waals surface area contributed by atoms with Gasteiger partial charge in [0.2, 0.25) is 0 Å². The maximum absolute atomic E-state index is 11.7. The fraction of sp³-hybridized carbons (Fsp3) is 0.818. The second kappa shape index (κ2) is 4.31. The van der Waals surface area contributed by atoms with E-state index < -0.39 is 5.54 Å². The molecule has 1 rings (SSSR count). The lowest BCUT2D eigenvalue weighted by molar-refractivity contribution is 0.224. The number of carbonyl (C=O) groups is 1. The van der Waals surface area contributed by atoms with Gasteiger partial charge in [-0.25, -0.2) is 4.79 Å². The summed E-state index contributed by atoms with van der Waals surface area (Å²) in [4.78, 5) is 11.7. The van der Waals surface area contributed by atoms with E-state index in [2.05, 4.69) is 10.6 Å². The summed E-state index contributed by atoms with van der Waals surface area (Å²) in [6, 6.07) is -0.246. The highest BCUT2D eigenvalue weighted by Crippen LogP contribution is 2.29. The van der Waals surface area contributed by atoms with Crippen molar-refractivity contribution in [3.63, 3.8) is 0 Å². The molecule has 1 aliphatic carbocycles. The molecule has 0 saturated heterocycles. The van der Waals surface area contributed by atoms with Crippen LogP contribution in [0.25, 0.3) is 0 Å². The Morgan fingerprint density at radius 3 is 2.19 bits per heavy atom. The number of amides is 2. The summed E-state index contributed by atoms with van der Waals surface area (Å²) in [5.41, 5.74) is 4.69. The third kappa shape index (κ3) is 3.12. The minimum absolute atomic E-state index is 0.0639. The lowest BCUT2D eigenvalue weighted by atomic mass is 9.96. The van der Waals surface area contributed by atoms with Crippen LogP contribution in [0.2, 0.25) is 0 Å². The number of hydrogen-bond donors (Lipinski definition) is 4. The first-order chi connectivity index (χ1) is 7.25. The van der Waals surface area contributed by atoms with Gasteiger partial charge in [0.1, 0.15) is 5.84 Å². The van der Waals surface area contributed by atoms with Crippen LogP contribution in [0.4, 0.5) is 4.79 Å². The summed E-state index contributed by atoms with van der Waals surface area (Å²) in [6.45, 7) is 5.75. The van der Waals surface area contributed by atoms with Gasteiger partial charge < -0.3 is 16.4 Å². The molecule has 0 radical (unpaired) electrons. The minimum Gasteiger partial charge on any atom is -0.386 e. The van der Waals surface area contributed by atoms with E-state index in [0.717, 1.165) is 25.7 Å².